The largest absolute Gasteiger partial charge is 0.573 e. The third kappa shape index (κ3) is 8.36. The van der Waals surface area contributed by atoms with Crippen molar-refractivity contribution in [2.75, 3.05) is 52.3 Å². The molecule has 0 aliphatic carbocycles. The summed E-state index contributed by atoms with van der Waals surface area (Å²) in [5.74, 6) is 0.730. The van der Waals surface area contributed by atoms with Crippen molar-refractivity contribution in [3.63, 3.8) is 0 Å². The van der Waals surface area contributed by atoms with Gasteiger partial charge in [-0.1, -0.05) is 0 Å². The molecule has 1 fully saturated rings. The van der Waals surface area contributed by atoms with E-state index >= 15 is 0 Å². The lowest BCUT2D eigenvalue weighted by Crippen LogP contribution is -2.50. The molecular formula is C24H28F3N3O5. The van der Waals surface area contributed by atoms with Crippen LogP contribution in [0.4, 0.5) is 18.9 Å². The van der Waals surface area contributed by atoms with Crippen LogP contribution >= 0.6 is 0 Å². The van der Waals surface area contributed by atoms with Crippen LogP contribution in [0.25, 0.3) is 0 Å². The highest BCUT2D eigenvalue weighted by atomic mass is 19.4. The van der Waals surface area contributed by atoms with Crippen LogP contribution in [-0.4, -0.2) is 74.9 Å². The van der Waals surface area contributed by atoms with Crippen molar-refractivity contribution in [2.24, 2.45) is 0 Å². The summed E-state index contributed by atoms with van der Waals surface area (Å²) in [6.45, 7) is 2.23. The topological polar surface area (TPSA) is 80.3 Å². The molecule has 0 saturated carbocycles. The molecular weight excluding hydrogens is 467 g/mol. The first-order valence-electron chi connectivity index (χ1n) is 11.0. The van der Waals surface area contributed by atoms with Crippen molar-refractivity contribution < 1.29 is 37.0 Å². The summed E-state index contributed by atoms with van der Waals surface area (Å²) >= 11 is 0. The van der Waals surface area contributed by atoms with E-state index in [1.54, 1.807) is 25.2 Å². The second-order valence-electron chi connectivity index (χ2n) is 8.00. The van der Waals surface area contributed by atoms with Gasteiger partial charge in [0.2, 0.25) is 11.8 Å². The van der Waals surface area contributed by atoms with Crippen molar-refractivity contribution in [3.8, 4) is 17.2 Å². The Morgan fingerprint density at radius 3 is 2.06 bits per heavy atom. The lowest BCUT2D eigenvalue weighted by molar-refractivity contribution is -0.274. The highest BCUT2D eigenvalue weighted by Gasteiger charge is 2.31. The molecule has 0 radical (unpaired) electrons. The first-order valence-corrected chi connectivity index (χ1v) is 11.0. The lowest BCUT2D eigenvalue weighted by Gasteiger charge is -2.34. The van der Waals surface area contributed by atoms with E-state index in [0.29, 0.717) is 56.2 Å². The fourth-order valence-electron chi connectivity index (χ4n) is 3.72. The number of ether oxygens (including phenoxy) is 3. The summed E-state index contributed by atoms with van der Waals surface area (Å²) in [4.78, 5) is 28.7. The highest BCUT2D eigenvalue weighted by molar-refractivity contribution is 5.92. The molecule has 1 aliphatic heterocycles. The lowest BCUT2D eigenvalue weighted by atomic mass is 10.1. The Morgan fingerprint density at radius 2 is 1.51 bits per heavy atom. The number of aryl methyl sites for hydroxylation is 1. The Labute approximate surface area is 201 Å². The molecule has 1 saturated heterocycles. The van der Waals surface area contributed by atoms with Gasteiger partial charge in [0, 0.05) is 44.4 Å². The predicted molar refractivity (Wildman–Crippen MR) is 123 cm³/mol. The summed E-state index contributed by atoms with van der Waals surface area (Å²) in [7, 11) is 3.15. The fourth-order valence-corrected chi connectivity index (χ4v) is 3.72. The fraction of sp³-hybridized carbons (Fsp3) is 0.417. The maximum absolute atomic E-state index is 12.6. The SMILES string of the molecule is COc1cc(CCC(=O)N2CCN(CC(=O)Nc3ccc(OC(F)(F)F)cc3)CC2)cc(OC)c1. The van der Waals surface area contributed by atoms with Crippen molar-refractivity contribution in [2.45, 2.75) is 19.2 Å². The molecule has 0 atom stereocenters. The molecule has 2 aromatic rings. The summed E-state index contributed by atoms with van der Waals surface area (Å²) in [5, 5.41) is 2.65. The van der Waals surface area contributed by atoms with E-state index in [9.17, 15) is 22.8 Å². The molecule has 1 heterocycles. The molecule has 190 valence electrons. The molecule has 2 amide bonds. The van der Waals surface area contributed by atoms with Crippen molar-refractivity contribution >= 4 is 17.5 Å². The predicted octanol–water partition coefficient (Wildman–Crippen LogP) is 3.32. The van der Waals surface area contributed by atoms with Gasteiger partial charge >= 0.3 is 6.36 Å². The molecule has 8 nitrogen and oxygen atoms in total. The first-order chi connectivity index (χ1) is 16.6. The van der Waals surface area contributed by atoms with E-state index in [4.69, 9.17) is 9.47 Å². The van der Waals surface area contributed by atoms with Crippen LogP contribution in [0.5, 0.6) is 17.2 Å². The Kier molecular flexibility index (Phi) is 8.80. The Balaban J connectivity index is 1.41. The minimum atomic E-state index is -4.77. The van der Waals surface area contributed by atoms with E-state index in [2.05, 4.69) is 10.1 Å². The Hall–Kier alpha value is -3.47. The van der Waals surface area contributed by atoms with Gasteiger partial charge in [-0.3, -0.25) is 14.5 Å². The second kappa shape index (κ2) is 11.8. The van der Waals surface area contributed by atoms with Crippen molar-refractivity contribution in [1.82, 2.24) is 9.80 Å². The van der Waals surface area contributed by atoms with E-state index < -0.39 is 6.36 Å². The van der Waals surface area contributed by atoms with Crippen LogP contribution < -0.4 is 19.5 Å². The number of piperazine rings is 1. The number of nitrogens with one attached hydrogen (secondary N) is 1. The zero-order chi connectivity index (χ0) is 25.4. The Morgan fingerprint density at radius 1 is 0.914 bits per heavy atom. The number of anilines is 1. The van der Waals surface area contributed by atoms with Gasteiger partial charge in [0.1, 0.15) is 17.2 Å². The summed E-state index contributed by atoms with van der Waals surface area (Å²) < 4.78 is 51.0. The van der Waals surface area contributed by atoms with E-state index in [-0.39, 0.29) is 24.1 Å². The molecule has 0 bridgehead atoms. The summed E-state index contributed by atoms with van der Waals surface area (Å²) in [6.07, 6.45) is -3.86. The Bertz CT molecular complexity index is 984. The molecule has 0 spiro atoms. The standard InChI is InChI=1S/C24H28F3N3O5/c1-33-20-13-17(14-21(15-20)34-2)3-8-23(32)30-11-9-29(10-12-30)16-22(31)28-18-4-6-19(7-5-18)35-24(25,26)27/h4-7,13-15H,3,8-12,16H2,1-2H3,(H,28,31). The molecule has 2 aromatic carbocycles. The second-order valence-corrected chi connectivity index (χ2v) is 8.00. The zero-order valence-electron chi connectivity index (χ0n) is 19.6. The smallest absolute Gasteiger partial charge is 0.497 e. The molecule has 11 heteroatoms. The third-order valence-corrected chi connectivity index (χ3v) is 5.50. The molecule has 0 aromatic heterocycles. The number of hydrogen-bond acceptors (Lipinski definition) is 6. The number of benzene rings is 2. The minimum absolute atomic E-state index is 0.0389. The van der Waals surface area contributed by atoms with Crippen LogP contribution in [0.2, 0.25) is 0 Å². The number of carbonyl (C=O) groups is 2. The van der Waals surface area contributed by atoms with E-state index in [1.165, 1.54) is 12.1 Å². The molecule has 1 N–H and O–H groups in total. The maximum Gasteiger partial charge on any atom is 0.573 e. The normalized spacial score (nSPS) is 14.4. The van der Waals surface area contributed by atoms with E-state index in [1.807, 2.05) is 17.0 Å². The van der Waals surface area contributed by atoms with Gasteiger partial charge in [-0.15, -0.1) is 13.2 Å². The maximum atomic E-state index is 12.6. The number of halogens is 3. The van der Waals surface area contributed by atoms with Gasteiger partial charge in [-0.25, -0.2) is 0 Å². The monoisotopic (exact) mass is 495 g/mol. The molecule has 35 heavy (non-hydrogen) atoms. The quantitative estimate of drug-likeness (QED) is 0.575. The van der Waals surface area contributed by atoms with E-state index in [0.717, 1.165) is 17.7 Å². The van der Waals surface area contributed by atoms with Crippen LogP contribution in [0.3, 0.4) is 0 Å². The number of amides is 2. The van der Waals surface area contributed by atoms with Crippen LogP contribution in [0.1, 0.15) is 12.0 Å². The molecule has 0 unspecified atom stereocenters. The average molecular weight is 495 g/mol. The highest BCUT2D eigenvalue weighted by Crippen LogP contribution is 2.25. The molecule has 1 aliphatic rings. The number of hydrogen-bond donors (Lipinski definition) is 1. The minimum Gasteiger partial charge on any atom is -0.497 e. The van der Waals surface area contributed by atoms with Gasteiger partial charge in [0.05, 0.1) is 20.8 Å². The zero-order valence-corrected chi connectivity index (χ0v) is 19.6. The van der Waals surface area contributed by atoms with Crippen molar-refractivity contribution in [1.29, 1.82) is 0 Å². The summed E-state index contributed by atoms with van der Waals surface area (Å²) in [6, 6.07) is 10.5. The number of nitrogens with zero attached hydrogens (tertiary/aromatic N) is 2. The number of methoxy groups -OCH3 is 2. The third-order valence-electron chi connectivity index (χ3n) is 5.50. The van der Waals surface area contributed by atoms with Gasteiger partial charge in [-0.05, 0) is 48.4 Å². The van der Waals surface area contributed by atoms with Crippen LogP contribution in [0, 0.1) is 0 Å². The summed E-state index contributed by atoms with van der Waals surface area (Å²) in [5.41, 5.74) is 1.32. The molecule has 3 rings (SSSR count). The van der Waals surface area contributed by atoms with Crippen LogP contribution in [0.15, 0.2) is 42.5 Å². The number of alkyl halides is 3. The van der Waals surface area contributed by atoms with Crippen LogP contribution in [-0.2, 0) is 16.0 Å². The van der Waals surface area contributed by atoms with Crippen molar-refractivity contribution in [3.05, 3.63) is 48.0 Å². The van der Waals surface area contributed by atoms with Gasteiger partial charge in [-0.2, -0.15) is 0 Å². The van der Waals surface area contributed by atoms with Gasteiger partial charge in [0.25, 0.3) is 0 Å². The first kappa shape index (κ1) is 26.1. The average Bonchev–Trinajstić information content (AvgIpc) is 2.83. The number of rotatable bonds is 9. The van der Waals surface area contributed by atoms with Gasteiger partial charge < -0.3 is 24.4 Å². The van der Waals surface area contributed by atoms with Gasteiger partial charge in [0.15, 0.2) is 0 Å². The number of carbonyl (C=O) groups excluding carboxylic acids is 2.